The topological polar surface area (TPSA) is 80.8 Å². The van der Waals surface area contributed by atoms with E-state index in [4.69, 9.17) is 16.3 Å². The Balaban J connectivity index is 2.53. The van der Waals surface area contributed by atoms with Crippen LogP contribution >= 0.6 is 11.6 Å². The minimum absolute atomic E-state index is 0.0597. The van der Waals surface area contributed by atoms with Crippen LogP contribution in [0.25, 0.3) is 0 Å². The summed E-state index contributed by atoms with van der Waals surface area (Å²) in [5, 5.41) is 0.384. The molecule has 6 nitrogen and oxygen atoms in total. The van der Waals surface area contributed by atoms with Gasteiger partial charge in [0.15, 0.2) is 0 Å². The van der Waals surface area contributed by atoms with Gasteiger partial charge < -0.3 is 4.74 Å². The molecule has 0 fully saturated rings. The van der Waals surface area contributed by atoms with E-state index < -0.39 is 21.9 Å². The molecule has 0 spiro atoms. The summed E-state index contributed by atoms with van der Waals surface area (Å²) in [6.45, 7) is 4.04. The number of carbonyl (C=O) groups is 2. The zero-order valence-electron chi connectivity index (χ0n) is 13.8. The average Bonchev–Trinajstić information content (AvgIpc) is 2.49. The maximum Gasteiger partial charge on any atom is 0.308 e. The summed E-state index contributed by atoms with van der Waals surface area (Å²) in [5.41, 5.74) is 0.643. The second-order valence-electron chi connectivity index (χ2n) is 5.28. The predicted octanol–water partition coefficient (Wildman–Crippen LogP) is 3.32. The molecular weight excluding hydrogens is 366 g/mol. The van der Waals surface area contributed by atoms with Crippen molar-refractivity contribution in [2.24, 2.45) is 0 Å². The molecule has 0 aromatic heterocycles. The summed E-state index contributed by atoms with van der Waals surface area (Å²) in [6.07, 6.45) is 0. The van der Waals surface area contributed by atoms with Gasteiger partial charge in [-0.25, -0.2) is 12.7 Å². The highest BCUT2D eigenvalue weighted by Gasteiger charge is 2.29. The van der Waals surface area contributed by atoms with E-state index in [2.05, 4.69) is 0 Å². The molecule has 25 heavy (non-hydrogen) atoms. The first-order valence-corrected chi connectivity index (χ1v) is 9.05. The van der Waals surface area contributed by atoms with Crippen LogP contribution in [0.1, 0.15) is 19.4 Å². The SMILES string of the molecule is CC(=O)Oc1ccc(N(C(C)=O)S(=O)(=O)c2ccc(Cl)cc2)c(C)c1. The summed E-state index contributed by atoms with van der Waals surface area (Å²) in [5.74, 6) is -0.899. The van der Waals surface area contributed by atoms with E-state index in [-0.39, 0.29) is 16.3 Å². The van der Waals surface area contributed by atoms with Crippen LogP contribution in [-0.4, -0.2) is 20.3 Å². The van der Waals surface area contributed by atoms with Crippen molar-refractivity contribution in [1.82, 2.24) is 0 Å². The second kappa shape index (κ2) is 7.25. The maximum atomic E-state index is 12.9. The Bertz CT molecular complexity index is 923. The minimum atomic E-state index is -4.11. The summed E-state index contributed by atoms with van der Waals surface area (Å²) in [7, 11) is -4.11. The molecule has 0 bridgehead atoms. The van der Waals surface area contributed by atoms with Crippen LogP contribution in [0.15, 0.2) is 47.4 Å². The summed E-state index contributed by atoms with van der Waals surface area (Å²) in [4.78, 5) is 23.1. The second-order valence-corrected chi connectivity index (χ2v) is 7.51. The average molecular weight is 382 g/mol. The van der Waals surface area contributed by atoms with Gasteiger partial charge in [0, 0.05) is 18.9 Å². The van der Waals surface area contributed by atoms with E-state index in [1.807, 2.05) is 0 Å². The number of rotatable bonds is 4. The summed E-state index contributed by atoms with van der Waals surface area (Å²) >= 11 is 5.79. The molecule has 0 saturated carbocycles. The highest BCUT2D eigenvalue weighted by atomic mass is 35.5. The van der Waals surface area contributed by atoms with Gasteiger partial charge in [0.25, 0.3) is 10.0 Å². The van der Waals surface area contributed by atoms with Crippen LogP contribution < -0.4 is 9.04 Å². The minimum Gasteiger partial charge on any atom is -0.427 e. The summed E-state index contributed by atoms with van der Waals surface area (Å²) in [6, 6.07) is 9.86. The third kappa shape index (κ3) is 4.18. The number of sulfonamides is 1. The first kappa shape index (κ1) is 19.0. The predicted molar refractivity (Wildman–Crippen MR) is 94.3 cm³/mol. The number of ether oxygens (including phenoxy) is 1. The van der Waals surface area contributed by atoms with Gasteiger partial charge in [-0.05, 0) is 55.0 Å². The van der Waals surface area contributed by atoms with Gasteiger partial charge in [0.05, 0.1) is 10.6 Å². The number of nitrogens with zero attached hydrogens (tertiary/aromatic N) is 1. The third-order valence-electron chi connectivity index (χ3n) is 3.29. The Morgan fingerprint density at radius 2 is 1.64 bits per heavy atom. The fraction of sp³-hybridized carbons (Fsp3) is 0.176. The lowest BCUT2D eigenvalue weighted by Gasteiger charge is -2.23. The van der Waals surface area contributed by atoms with Crippen molar-refractivity contribution in [3.8, 4) is 5.75 Å². The molecule has 0 heterocycles. The normalized spacial score (nSPS) is 11.0. The molecule has 2 rings (SSSR count). The van der Waals surface area contributed by atoms with Crippen molar-refractivity contribution in [1.29, 1.82) is 0 Å². The van der Waals surface area contributed by atoms with Crippen molar-refractivity contribution in [3.05, 3.63) is 53.1 Å². The number of anilines is 1. The van der Waals surface area contributed by atoms with Crippen molar-refractivity contribution in [3.63, 3.8) is 0 Å². The monoisotopic (exact) mass is 381 g/mol. The molecule has 8 heteroatoms. The number of hydrogen-bond acceptors (Lipinski definition) is 5. The largest absolute Gasteiger partial charge is 0.427 e. The lowest BCUT2D eigenvalue weighted by atomic mass is 10.2. The highest BCUT2D eigenvalue weighted by Crippen LogP contribution is 2.30. The van der Waals surface area contributed by atoms with Gasteiger partial charge in [-0.1, -0.05) is 11.6 Å². The van der Waals surface area contributed by atoms with Crippen LogP contribution in [-0.2, 0) is 19.6 Å². The lowest BCUT2D eigenvalue weighted by Crippen LogP contribution is -2.35. The van der Waals surface area contributed by atoms with Crippen LogP contribution in [0.3, 0.4) is 0 Å². The molecule has 2 aromatic carbocycles. The number of hydrogen-bond donors (Lipinski definition) is 0. The third-order valence-corrected chi connectivity index (χ3v) is 5.34. The first-order valence-electron chi connectivity index (χ1n) is 7.23. The van der Waals surface area contributed by atoms with Gasteiger partial charge >= 0.3 is 5.97 Å². The van der Waals surface area contributed by atoms with Crippen molar-refractivity contribution >= 4 is 39.2 Å². The summed E-state index contributed by atoms with van der Waals surface area (Å²) < 4.78 is 31.4. The number of carbonyl (C=O) groups excluding carboxylic acids is 2. The quantitative estimate of drug-likeness (QED) is 0.599. The fourth-order valence-electron chi connectivity index (χ4n) is 2.27. The number of halogens is 1. The molecule has 0 N–H and O–H groups in total. The van der Waals surface area contributed by atoms with Gasteiger partial charge in [-0.3, -0.25) is 9.59 Å². The number of benzene rings is 2. The van der Waals surface area contributed by atoms with Crippen LogP contribution in [0.4, 0.5) is 5.69 Å². The Labute approximate surface area is 151 Å². The van der Waals surface area contributed by atoms with Gasteiger partial charge in [-0.2, -0.15) is 0 Å². The molecule has 0 aliphatic rings. The number of aryl methyl sites for hydroxylation is 1. The standard InChI is InChI=1S/C17H16ClNO5S/c1-11-10-15(24-13(3)21)6-9-17(11)19(12(2)20)25(22,23)16-7-4-14(18)5-8-16/h4-10H,1-3H3. The zero-order valence-corrected chi connectivity index (χ0v) is 15.4. The Kier molecular flexibility index (Phi) is 5.49. The van der Waals surface area contributed by atoms with Gasteiger partial charge in [0.2, 0.25) is 5.91 Å². The molecular formula is C17H16ClNO5S. The van der Waals surface area contributed by atoms with Crippen LogP contribution in [0.2, 0.25) is 5.02 Å². The first-order chi connectivity index (χ1) is 11.6. The lowest BCUT2D eigenvalue weighted by molar-refractivity contribution is -0.131. The van der Waals surface area contributed by atoms with E-state index >= 15 is 0 Å². The van der Waals surface area contributed by atoms with Crippen LogP contribution in [0, 0.1) is 6.92 Å². The van der Waals surface area contributed by atoms with Crippen molar-refractivity contribution in [2.75, 3.05) is 4.31 Å². The number of esters is 1. The van der Waals surface area contributed by atoms with E-state index in [9.17, 15) is 18.0 Å². The molecule has 2 aromatic rings. The van der Waals surface area contributed by atoms with E-state index in [1.165, 1.54) is 49.4 Å². The fourth-order valence-corrected chi connectivity index (χ4v) is 3.88. The smallest absolute Gasteiger partial charge is 0.308 e. The van der Waals surface area contributed by atoms with Crippen molar-refractivity contribution in [2.45, 2.75) is 25.7 Å². The van der Waals surface area contributed by atoms with E-state index in [0.29, 0.717) is 14.9 Å². The molecule has 0 radical (unpaired) electrons. The van der Waals surface area contributed by atoms with Crippen LogP contribution in [0.5, 0.6) is 5.75 Å². The zero-order chi connectivity index (χ0) is 18.8. The van der Waals surface area contributed by atoms with E-state index in [1.54, 1.807) is 6.92 Å². The Hall–Kier alpha value is -2.38. The van der Waals surface area contributed by atoms with E-state index in [0.717, 1.165) is 6.92 Å². The number of amides is 1. The Morgan fingerprint density at radius 1 is 1.04 bits per heavy atom. The Morgan fingerprint density at radius 3 is 2.12 bits per heavy atom. The molecule has 0 aliphatic carbocycles. The molecule has 0 saturated heterocycles. The maximum absolute atomic E-state index is 12.9. The molecule has 1 amide bonds. The molecule has 0 atom stereocenters. The molecule has 0 aliphatic heterocycles. The van der Waals surface area contributed by atoms with Crippen molar-refractivity contribution < 1.29 is 22.7 Å². The highest BCUT2D eigenvalue weighted by molar-refractivity contribution is 7.93. The van der Waals surface area contributed by atoms with Gasteiger partial charge in [0.1, 0.15) is 5.75 Å². The van der Waals surface area contributed by atoms with Gasteiger partial charge in [-0.15, -0.1) is 0 Å². The molecule has 0 unspecified atom stereocenters. The molecule has 132 valence electrons.